The Morgan fingerprint density at radius 3 is 3.12 bits per heavy atom. The zero-order valence-electron chi connectivity index (χ0n) is 9.90. The van der Waals surface area contributed by atoms with Crippen LogP contribution in [0.3, 0.4) is 0 Å². The molecule has 0 bridgehead atoms. The molecule has 1 saturated heterocycles. The highest BCUT2D eigenvalue weighted by molar-refractivity contribution is 7.15. The highest BCUT2D eigenvalue weighted by Crippen LogP contribution is 2.26. The predicted octanol–water partition coefficient (Wildman–Crippen LogP) is 0.878. The molecule has 1 aliphatic rings. The minimum absolute atomic E-state index is 0.0790. The van der Waals surface area contributed by atoms with E-state index < -0.39 is 5.97 Å². The third kappa shape index (κ3) is 3.17. The van der Waals surface area contributed by atoms with Gasteiger partial charge in [-0.2, -0.15) is 0 Å². The first-order valence-electron chi connectivity index (χ1n) is 5.80. The SMILES string of the molecule is Cc1nc(N2CCCNCC2)sc1CC(=O)O. The molecule has 2 rings (SSSR count). The minimum Gasteiger partial charge on any atom is -0.481 e. The van der Waals surface area contributed by atoms with Crippen LogP contribution in [-0.2, 0) is 11.2 Å². The molecule has 2 heterocycles. The number of nitrogens with one attached hydrogen (secondary N) is 1. The number of anilines is 1. The van der Waals surface area contributed by atoms with E-state index in [1.165, 1.54) is 11.3 Å². The molecule has 0 radical (unpaired) electrons. The normalized spacial score (nSPS) is 16.9. The van der Waals surface area contributed by atoms with Gasteiger partial charge in [0.1, 0.15) is 0 Å². The van der Waals surface area contributed by atoms with Gasteiger partial charge in [0.2, 0.25) is 0 Å². The predicted molar refractivity (Wildman–Crippen MR) is 67.9 cm³/mol. The van der Waals surface area contributed by atoms with Gasteiger partial charge in [-0.25, -0.2) is 4.98 Å². The number of hydrogen-bond acceptors (Lipinski definition) is 5. The van der Waals surface area contributed by atoms with Crippen molar-refractivity contribution in [2.75, 3.05) is 31.1 Å². The third-order valence-corrected chi connectivity index (χ3v) is 4.02. The van der Waals surface area contributed by atoms with Crippen LogP contribution in [0.25, 0.3) is 0 Å². The van der Waals surface area contributed by atoms with Crippen molar-refractivity contribution in [2.24, 2.45) is 0 Å². The molecule has 0 aromatic carbocycles. The highest BCUT2D eigenvalue weighted by Gasteiger charge is 2.16. The molecule has 94 valence electrons. The molecule has 1 aliphatic heterocycles. The molecule has 0 aliphatic carbocycles. The van der Waals surface area contributed by atoms with E-state index in [9.17, 15) is 4.79 Å². The maximum atomic E-state index is 10.7. The van der Waals surface area contributed by atoms with Gasteiger partial charge in [0, 0.05) is 24.5 Å². The lowest BCUT2D eigenvalue weighted by molar-refractivity contribution is -0.136. The summed E-state index contributed by atoms with van der Waals surface area (Å²) in [4.78, 5) is 18.3. The number of hydrogen-bond donors (Lipinski definition) is 2. The standard InChI is InChI=1S/C11H17N3O2S/c1-8-9(7-10(15)16)17-11(13-8)14-5-2-3-12-4-6-14/h12H,2-7H2,1H3,(H,15,16). The number of thiazole rings is 1. The molecule has 0 saturated carbocycles. The van der Waals surface area contributed by atoms with Gasteiger partial charge < -0.3 is 15.3 Å². The Morgan fingerprint density at radius 1 is 1.53 bits per heavy atom. The molecule has 5 nitrogen and oxygen atoms in total. The average Bonchev–Trinajstić information content (AvgIpc) is 2.54. The van der Waals surface area contributed by atoms with Gasteiger partial charge in [-0.05, 0) is 19.9 Å². The monoisotopic (exact) mass is 255 g/mol. The minimum atomic E-state index is -0.791. The summed E-state index contributed by atoms with van der Waals surface area (Å²) in [5, 5.41) is 13.1. The number of aromatic nitrogens is 1. The zero-order valence-corrected chi connectivity index (χ0v) is 10.7. The summed E-state index contributed by atoms with van der Waals surface area (Å²) in [7, 11) is 0. The van der Waals surface area contributed by atoms with Crippen molar-refractivity contribution in [2.45, 2.75) is 19.8 Å². The smallest absolute Gasteiger partial charge is 0.308 e. The molecule has 0 amide bonds. The zero-order chi connectivity index (χ0) is 12.3. The molecule has 2 N–H and O–H groups in total. The number of nitrogens with zero attached hydrogens (tertiary/aromatic N) is 2. The van der Waals surface area contributed by atoms with E-state index in [1.54, 1.807) is 0 Å². The van der Waals surface area contributed by atoms with Gasteiger partial charge in [-0.15, -0.1) is 11.3 Å². The molecular formula is C11H17N3O2S. The number of rotatable bonds is 3. The summed E-state index contributed by atoms with van der Waals surface area (Å²) < 4.78 is 0. The van der Waals surface area contributed by atoms with Crippen LogP contribution in [0.4, 0.5) is 5.13 Å². The summed E-state index contributed by atoms with van der Waals surface area (Å²) in [5.41, 5.74) is 0.851. The van der Waals surface area contributed by atoms with E-state index in [2.05, 4.69) is 15.2 Å². The topological polar surface area (TPSA) is 65.5 Å². The highest BCUT2D eigenvalue weighted by atomic mass is 32.1. The Kier molecular flexibility index (Phi) is 3.96. The third-order valence-electron chi connectivity index (χ3n) is 2.80. The van der Waals surface area contributed by atoms with Gasteiger partial charge in [0.25, 0.3) is 0 Å². The first kappa shape index (κ1) is 12.3. The molecule has 0 atom stereocenters. The largest absolute Gasteiger partial charge is 0.481 e. The molecule has 6 heteroatoms. The number of aryl methyl sites for hydroxylation is 1. The Labute approximate surface area is 104 Å². The van der Waals surface area contributed by atoms with Gasteiger partial charge in [-0.1, -0.05) is 0 Å². The van der Waals surface area contributed by atoms with E-state index in [4.69, 9.17) is 5.11 Å². The second kappa shape index (κ2) is 5.46. The van der Waals surface area contributed by atoms with E-state index >= 15 is 0 Å². The van der Waals surface area contributed by atoms with Gasteiger partial charge in [-0.3, -0.25) is 4.79 Å². The molecule has 1 aromatic heterocycles. The second-order valence-electron chi connectivity index (χ2n) is 4.17. The van der Waals surface area contributed by atoms with Crippen molar-refractivity contribution < 1.29 is 9.90 Å². The van der Waals surface area contributed by atoms with Crippen LogP contribution in [0, 0.1) is 6.92 Å². The molecule has 17 heavy (non-hydrogen) atoms. The fourth-order valence-electron chi connectivity index (χ4n) is 1.89. The van der Waals surface area contributed by atoms with Crippen LogP contribution in [0.1, 0.15) is 17.0 Å². The summed E-state index contributed by atoms with van der Waals surface area (Å²) in [6, 6.07) is 0. The maximum Gasteiger partial charge on any atom is 0.308 e. The van der Waals surface area contributed by atoms with E-state index in [-0.39, 0.29) is 6.42 Å². The molecule has 1 aromatic rings. The lowest BCUT2D eigenvalue weighted by Gasteiger charge is -2.18. The first-order chi connectivity index (χ1) is 8.16. The molecule has 1 fully saturated rings. The number of aliphatic carboxylic acids is 1. The Hall–Kier alpha value is -1.14. The Bertz CT molecular complexity index is 397. The van der Waals surface area contributed by atoms with Crippen LogP contribution in [0.15, 0.2) is 0 Å². The lowest BCUT2D eigenvalue weighted by Crippen LogP contribution is -2.27. The summed E-state index contributed by atoms with van der Waals surface area (Å²) in [6.07, 6.45) is 1.18. The van der Waals surface area contributed by atoms with E-state index in [0.29, 0.717) is 0 Å². The van der Waals surface area contributed by atoms with Crippen LogP contribution in [-0.4, -0.2) is 42.2 Å². The van der Waals surface area contributed by atoms with Crippen LogP contribution >= 0.6 is 11.3 Å². The number of carboxylic acids is 1. The van der Waals surface area contributed by atoms with E-state index in [1.807, 2.05) is 6.92 Å². The fraction of sp³-hybridized carbons (Fsp3) is 0.636. The first-order valence-corrected chi connectivity index (χ1v) is 6.62. The molecule has 0 spiro atoms. The fourth-order valence-corrected chi connectivity index (χ4v) is 2.99. The average molecular weight is 255 g/mol. The number of carboxylic acid groups (broad SMARTS) is 1. The molecule has 0 unspecified atom stereocenters. The van der Waals surface area contributed by atoms with Gasteiger partial charge in [0.15, 0.2) is 5.13 Å². The summed E-state index contributed by atoms with van der Waals surface area (Å²) in [5.74, 6) is -0.791. The lowest BCUT2D eigenvalue weighted by atomic mass is 10.3. The van der Waals surface area contributed by atoms with Crippen molar-refractivity contribution in [3.05, 3.63) is 10.6 Å². The summed E-state index contributed by atoms with van der Waals surface area (Å²) >= 11 is 1.51. The molecular weight excluding hydrogens is 238 g/mol. The van der Waals surface area contributed by atoms with Crippen LogP contribution < -0.4 is 10.2 Å². The van der Waals surface area contributed by atoms with E-state index in [0.717, 1.165) is 48.3 Å². The van der Waals surface area contributed by atoms with Crippen molar-refractivity contribution in [1.82, 2.24) is 10.3 Å². The van der Waals surface area contributed by atoms with Crippen molar-refractivity contribution in [1.29, 1.82) is 0 Å². The van der Waals surface area contributed by atoms with Crippen molar-refractivity contribution in [3.63, 3.8) is 0 Å². The maximum absolute atomic E-state index is 10.7. The van der Waals surface area contributed by atoms with Crippen LogP contribution in [0.5, 0.6) is 0 Å². The Balaban J connectivity index is 2.12. The van der Waals surface area contributed by atoms with Gasteiger partial charge in [0.05, 0.1) is 12.1 Å². The van der Waals surface area contributed by atoms with Crippen molar-refractivity contribution in [3.8, 4) is 0 Å². The van der Waals surface area contributed by atoms with Crippen molar-refractivity contribution >= 4 is 22.4 Å². The van der Waals surface area contributed by atoms with Gasteiger partial charge >= 0.3 is 5.97 Å². The Morgan fingerprint density at radius 2 is 2.35 bits per heavy atom. The quantitative estimate of drug-likeness (QED) is 0.839. The van der Waals surface area contributed by atoms with Crippen LogP contribution in [0.2, 0.25) is 0 Å². The second-order valence-corrected chi connectivity index (χ2v) is 5.23. The summed E-state index contributed by atoms with van der Waals surface area (Å²) in [6.45, 7) is 5.83. The number of carbonyl (C=O) groups is 1.